The van der Waals surface area contributed by atoms with Gasteiger partial charge in [-0.2, -0.15) is 0 Å². The molecule has 0 heterocycles. The molecule has 0 bridgehead atoms. The van der Waals surface area contributed by atoms with E-state index in [4.69, 9.17) is 0 Å². The Balaban J connectivity index is 1.47. The summed E-state index contributed by atoms with van der Waals surface area (Å²) in [6, 6.07) is 0. The molecule has 0 aromatic heterocycles. The average molecular weight is 417 g/mol. The molecule has 4 aliphatic rings. The van der Waals surface area contributed by atoms with Crippen LogP contribution in [-0.2, 0) is 0 Å². The third kappa shape index (κ3) is 3.83. The first-order chi connectivity index (χ1) is 14.1. The summed E-state index contributed by atoms with van der Waals surface area (Å²) in [6.45, 7) is 12.3. The van der Waals surface area contributed by atoms with E-state index in [9.17, 15) is 10.2 Å². The van der Waals surface area contributed by atoms with Gasteiger partial charge in [-0.15, -0.1) is 0 Å². The molecule has 2 nitrogen and oxygen atoms in total. The van der Waals surface area contributed by atoms with Crippen molar-refractivity contribution in [2.45, 2.75) is 111 Å². The van der Waals surface area contributed by atoms with Crippen LogP contribution in [0.4, 0.5) is 0 Å². The first-order valence-electron chi connectivity index (χ1n) is 13.1. The van der Waals surface area contributed by atoms with E-state index in [0.717, 1.165) is 42.4 Å². The molecule has 172 valence electrons. The van der Waals surface area contributed by atoms with Gasteiger partial charge in [-0.25, -0.2) is 0 Å². The normalized spacial score (nSPS) is 47.6. The SMILES string of the molecule is C[C@@H](CO)CCC[C@@H](C)[C@H]1CC[C@H]2[C@@H]3CC=C4C[C@@](C)(O)CC[C@]4(C)[C@H]3CC[C@]12C. The Hall–Kier alpha value is -0.340. The van der Waals surface area contributed by atoms with Crippen LogP contribution in [-0.4, -0.2) is 22.4 Å². The minimum Gasteiger partial charge on any atom is -0.396 e. The lowest BCUT2D eigenvalue weighted by atomic mass is 9.46. The first-order valence-corrected chi connectivity index (χ1v) is 13.1. The summed E-state index contributed by atoms with van der Waals surface area (Å²) in [4.78, 5) is 0. The Morgan fingerprint density at radius 2 is 1.77 bits per heavy atom. The Labute approximate surface area is 185 Å². The van der Waals surface area contributed by atoms with E-state index >= 15 is 0 Å². The predicted octanol–water partition coefficient (Wildman–Crippen LogP) is 6.75. The van der Waals surface area contributed by atoms with Crippen LogP contribution in [0.25, 0.3) is 0 Å². The van der Waals surface area contributed by atoms with Gasteiger partial charge in [0.15, 0.2) is 0 Å². The number of aliphatic hydroxyl groups excluding tert-OH is 1. The van der Waals surface area contributed by atoms with Gasteiger partial charge in [-0.3, -0.25) is 0 Å². The highest BCUT2D eigenvalue weighted by molar-refractivity contribution is 5.26. The predicted molar refractivity (Wildman–Crippen MR) is 125 cm³/mol. The quantitative estimate of drug-likeness (QED) is 0.470. The fraction of sp³-hybridized carbons (Fsp3) is 0.929. The highest BCUT2D eigenvalue weighted by Gasteiger charge is 2.59. The molecule has 4 aliphatic carbocycles. The molecule has 0 amide bonds. The van der Waals surface area contributed by atoms with Gasteiger partial charge in [0.25, 0.3) is 0 Å². The largest absolute Gasteiger partial charge is 0.396 e. The van der Waals surface area contributed by atoms with Crippen LogP contribution in [0, 0.1) is 46.3 Å². The highest BCUT2D eigenvalue weighted by Crippen LogP contribution is 2.67. The topological polar surface area (TPSA) is 40.5 Å². The van der Waals surface area contributed by atoms with Crippen molar-refractivity contribution in [1.29, 1.82) is 0 Å². The van der Waals surface area contributed by atoms with Crippen molar-refractivity contribution in [3.63, 3.8) is 0 Å². The summed E-state index contributed by atoms with van der Waals surface area (Å²) in [6.07, 6.45) is 16.4. The molecular weight excluding hydrogens is 368 g/mol. The van der Waals surface area contributed by atoms with Crippen molar-refractivity contribution in [1.82, 2.24) is 0 Å². The monoisotopic (exact) mass is 416 g/mol. The second-order valence-corrected chi connectivity index (χ2v) is 12.9. The maximum absolute atomic E-state index is 10.7. The highest BCUT2D eigenvalue weighted by atomic mass is 16.3. The summed E-state index contributed by atoms with van der Waals surface area (Å²) >= 11 is 0. The van der Waals surface area contributed by atoms with Crippen molar-refractivity contribution in [2.75, 3.05) is 6.61 Å². The van der Waals surface area contributed by atoms with Crippen LogP contribution in [0.15, 0.2) is 11.6 Å². The van der Waals surface area contributed by atoms with E-state index in [0.29, 0.717) is 23.4 Å². The molecule has 2 N–H and O–H groups in total. The number of allylic oxidation sites excluding steroid dienone is 1. The van der Waals surface area contributed by atoms with Crippen LogP contribution >= 0.6 is 0 Å². The summed E-state index contributed by atoms with van der Waals surface area (Å²) in [7, 11) is 0. The fourth-order valence-corrected chi connectivity index (χ4v) is 8.86. The van der Waals surface area contributed by atoms with E-state index in [1.807, 2.05) is 6.92 Å². The van der Waals surface area contributed by atoms with Crippen LogP contribution in [0.5, 0.6) is 0 Å². The Bertz CT molecular complexity index is 651. The van der Waals surface area contributed by atoms with Gasteiger partial charge in [0.1, 0.15) is 0 Å². The Morgan fingerprint density at radius 1 is 1.00 bits per heavy atom. The molecule has 0 unspecified atom stereocenters. The summed E-state index contributed by atoms with van der Waals surface area (Å²) in [5.41, 5.74) is 1.98. The molecular formula is C28H48O2. The van der Waals surface area contributed by atoms with Gasteiger partial charge in [-0.1, -0.05) is 52.2 Å². The van der Waals surface area contributed by atoms with Gasteiger partial charge < -0.3 is 10.2 Å². The number of fused-ring (bicyclic) bond motifs is 5. The van der Waals surface area contributed by atoms with Crippen LogP contribution in [0.1, 0.15) is 105 Å². The molecule has 4 rings (SSSR count). The van der Waals surface area contributed by atoms with Gasteiger partial charge >= 0.3 is 0 Å². The van der Waals surface area contributed by atoms with Gasteiger partial charge in [0, 0.05) is 6.61 Å². The summed E-state index contributed by atoms with van der Waals surface area (Å²) in [5.74, 6) is 4.77. The molecule has 0 saturated heterocycles. The van der Waals surface area contributed by atoms with E-state index in [1.54, 1.807) is 5.57 Å². The van der Waals surface area contributed by atoms with Crippen molar-refractivity contribution in [3.8, 4) is 0 Å². The first kappa shape index (κ1) is 22.8. The van der Waals surface area contributed by atoms with Crippen molar-refractivity contribution in [3.05, 3.63) is 11.6 Å². The summed E-state index contributed by atoms with van der Waals surface area (Å²) < 4.78 is 0. The number of aliphatic hydroxyl groups is 2. The maximum atomic E-state index is 10.7. The van der Waals surface area contributed by atoms with Crippen molar-refractivity contribution >= 4 is 0 Å². The second-order valence-electron chi connectivity index (χ2n) is 12.9. The second kappa shape index (κ2) is 8.22. The zero-order chi connectivity index (χ0) is 21.7. The Morgan fingerprint density at radius 3 is 2.50 bits per heavy atom. The standard InChI is InChI=1S/C28H48O2/c1-19(18-29)7-6-8-20(2)23-11-12-24-22-10-9-21-17-26(3,30)15-16-27(21,4)25(22)13-14-28(23,24)5/h9,19-20,22-25,29-30H,6-8,10-18H2,1-5H3/t19-,20-,22+,23-,24+,25+,26+,27+,28-/m1/s1. The van der Waals surface area contributed by atoms with Gasteiger partial charge in [0.05, 0.1) is 5.60 Å². The molecule has 0 spiro atoms. The summed E-state index contributed by atoms with van der Waals surface area (Å²) in [5, 5.41) is 20.0. The molecule has 2 heteroatoms. The van der Waals surface area contributed by atoms with Crippen LogP contribution in [0.3, 0.4) is 0 Å². The number of hydrogen-bond donors (Lipinski definition) is 2. The maximum Gasteiger partial charge on any atom is 0.0657 e. The van der Waals surface area contributed by atoms with E-state index in [-0.39, 0.29) is 0 Å². The number of rotatable bonds is 6. The van der Waals surface area contributed by atoms with Gasteiger partial charge in [0.2, 0.25) is 0 Å². The molecule has 0 aliphatic heterocycles. The number of hydrogen-bond acceptors (Lipinski definition) is 2. The van der Waals surface area contributed by atoms with Gasteiger partial charge in [-0.05, 0) is 111 Å². The molecule has 9 atom stereocenters. The van der Waals surface area contributed by atoms with Crippen molar-refractivity contribution in [2.24, 2.45) is 46.3 Å². The average Bonchev–Trinajstić information content (AvgIpc) is 3.05. The zero-order valence-electron chi connectivity index (χ0n) is 20.4. The smallest absolute Gasteiger partial charge is 0.0657 e. The van der Waals surface area contributed by atoms with Crippen LogP contribution < -0.4 is 0 Å². The Kier molecular flexibility index (Phi) is 6.26. The third-order valence-electron chi connectivity index (χ3n) is 10.8. The van der Waals surface area contributed by atoms with E-state index in [2.05, 4.69) is 33.8 Å². The minimum absolute atomic E-state index is 0.338. The third-order valence-corrected chi connectivity index (χ3v) is 10.8. The van der Waals surface area contributed by atoms with Crippen molar-refractivity contribution < 1.29 is 10.2 Å². The lowest BCUT2D eigenvalue weighted by Crippen LogP contribution is -2.52. The molecule has 3 fully saturated rings. The molecule has 0 aromatic rings. The molecule has 30 heavy (non-hydrogen) atoms. The van der Waals surface area contributed by atoms with Crippen LogP contribution in [0.2, 0.25) is 0 Å². The fourth-order valence-electron chi connectivity index (χ4n) is 8.86. The van der Waals surface area contributed by atoms with E-state index in [1.165, 1.54) is 57.8 Å². The zero-order valence-corrected chi connectivity index (χ0v) is 20.4. The lowest BCUT2D eigenvalue weighted by Gasteiger charge is -2.59. The minimum atomic E-state index is -0.483. The molecule has 3 saturated carbocycles. The lowest BCUT2D eigenvalue weighted by molar-refractivity contribution is -0.0706. The van der Waals surface area contributed by atoms with E-state index < -0.39 is 5.60 Å². The molecule has 0 aromatic carbocycles. The molecule has 0 radical (unpaired) electrons.